The average molecular weight is 272 g/mol. The van der Waals surface area contributed by atoms with Gasteiger partial charge in [-0.1, -0.05) is 37.3 Å². The van der Waals surface area contributed by atoms with Crippen molar-refractivity contribution >= 4 is 5.97 Å². The smallest absolute Gasteiger partial charge is 0.314 e. The molecule has 2 rings (SSSR count). The van der Waals surface area contributed by atoms with Gasteiger partial charge in [0.2, 0.25) is 0 Å². The van der Waals surface area contributed by atoms with E-state index in [-0.39, 0.29) is 0 Å². The summed E-state index contributed by atoms with van der Waals surface area (Å²) in [5.41, 5.74) is 1.10. The summed E-state index contributed by atoms with van der Waals surface area (Å²) < 4.78 is 1.80. The fourth-order valence-corrected chi connectivity index (χ4v) is 2.65. The van der Waals surface area contributed by atoms with Crippen LogP contribution in [0.3, 0.4) is 0 Å². The van der Waals surface area contributed by atoms with Crippen LogP contribution in [0.4, 0.5) is 0 Å². The monoisotopic (exact) mass is 272 g/mol. The summed E-state index contributed by atoms with van der Waals surface area (Å²) in [6.45, 7) is 1.93. The maximum atomic E-state index is 11.9. The Balaban J connectivity index is 2.29. The summed E-state index contributed by atoms with van der Waals surface area (Å²) in [6.07, 6.45) is 3.59. The Morgan fingerprint density at radius 3 is 2.50 bits per heavy atom. The lowest BCUT2D eigenvalue weighted by molar-refractivity contribution is -0.144. The lowest BCUT2D eigenvalue weighted by atomic mass is 9.74. The Bertz CT molecular complexity index is 577. The second-order valence-electron chi connectivity index (χ2n) is 5.05. The van der Waals surface area contributed by atoms with Crippen molar-refractivity contribution < 1.29 is 9.90 Å². The molecule has 0 amide bonds. The minimum absolute atomic E-state index is 0.572. The Morgan fingerprint density at radius 1 is 1.30 bits per heavy atom. The van der Waals surface area contributed by atoms with E-state index < -0.39 is 11.4 Å². The number of aliphatic carboxylic acids is 1. The van der Waals surface area contributed by atoms with Crippen molar-refractivity contribution in [2.45, 2.75) is 31.6 Å². The molecule has 0 aliphatic carbocycles. The number of carbonyl (C=O) groups is 1. The Kier molecular flexibility index (Phi) is 4.23. The van der Waals surface area contributed by atoms with Crippen LogP contribution in [-0.4, -0.2) is 20.9 Å². The van der Waals surface area contributed by atoms with E-state index in [4.69, 9.17) is 0 Å². The molecule has 0 fully saturated rings. The summed E-state index contributed by atoms with van der Waals surface area (Å²) in [6, 6.07) is 11.4. The number of rotatable bonds is 6. The van der Waals surface area contributed by atoms with Gasteiger partial charge in [-0.2, -0.15) is 5.10 Å². The zero-order chi connectivity index (χ0) is 14.6. The second-order valence-corrected chi connectivity index (χ2v) is 5.05. The highest BCUT2D eigenvalue weighted by atomic mass is 16.4. The van der Waals surface area contributed by atoms with Crippen LogP contribution in [0, 0.1) is 0 Å². The van der Waals surface area contributed by atoms with Crippen LogP contribution in [0.1, 0.15) is 31.0 Å². The highest BCUT2D eigenvalue weighted by molar-refractivity contribution is 5.81. The van der Waals surface area contributed by atoms with Crippen molar-refractivity contribution in [3.8, 4) is 0 Å². The van der Waals surface area contributed by atoms with E-state index in [2.05, 4.69) is 5.10 Å². The molecule has 1 heterocycles. The van der Waals surface area contributed by atoms with E-state index in [1.165, 1.54) is 0 Å². The van der Waals surface area contributed by atoms with E-state index in [9.17, 15) is 9.90 Å². The van der Waals surface area contributed by atoms with Crippen LogP contribution in [0.5, 0.6) is 0 Å². The molecule has 0 bridgehead atoms. The molecular weight excluding hydrogens is 252 g/mol. The molecule has 4 heteroatoms. The first-order valence-electron chi connectivity index (χ1n) is 6.86. The Hall–Kier alpha value is -2.10. The molecule has 0 saturated heterocycles. The molecule has 1 atom stereocenters. The molecule has 4 nitrogen and oxygen atoms in total. The zero-order valence-electron chi connectivity index (χ0n) is 11.9. The molecule has 0 aliphatic rings. The highest BCUT2D eigenvalue weighted by Gasteiger charge is 2.38. The number of nitrogens with zero attached hydrogens (tertiary/aromatic N) is 2. The summed E-state index contributed by atoms with van der Waals surface area (Å²) >= 11 is 0. The molecule has 2 aromatic rings. The van der Waals surface area contributed by atoms with Gasteiger partial charge in [0.25, 0.3) is 0 Å². The van der Waals surface area contributed by atoms with E-state index in [1.54, 1.807) is 10.9 Å². The molecule has 1 aromatic carbocycles. The third kappa shape index (κ3) is 2.59. The molecule has 0 saturated carbocycles. The molecule has 106 valence electrons. The van der Waals surface area contributed by atoms with Crippen molar-refractivity contribution in [2.24, 2.45) is 7.05 Å². The first kappa shape index (κ1) is 14.3. The minimum atomic E-state index is -0.828. The van der Waals surface area contributed by atoms with Crippen LogP contribution in [0.2, 0.25) is 0 Å². The first-order valence-corrected chi connectivity index (χ1v) is 6.86. The summed E-state index contributed by atoms with van der Waals surface area (Å²) in [5, 5.41) is 13.9. The molecule has 0 spiro atoms. The summed E-state index contributed by atoms with van der Waals surface area (Å²) in [5.74, 6) is -0.756. The predicted octanol–water partition coefficient (Wildman–Crippen LogP) is 2.79. The summed E-state index contributed by atoms with van der Waals surface area (Å²) in [7, 11) is 1.88. The van der Waals surface area contributed by atoms with Crippen molar-refractivity contribution in [1.82, 2.24) is 9.78 Å². The lowest BCUT2D eigenvalue weighted by Crippen LogP contribution is -2.36. The van der Waals surface area contributed by atoms with Gasteiger partial charge in [0.1, 0.15) is 0 Å². The number of hydrogen-bond donors (Lipinski definition) is 1. The maximum absolute atomic E-state index is 11.9. The normalized spacial score (nSPS) is 13.9. The van der Waals surface area contributed by atoms with Gasteiger partial charge in [-0.25, -0.2) is 0 Å². The average Bonchev–Trinajstić information content (AvgIpc) is 2.86. The van der Waals surface area contributed by atoms with Crippen molar-refractivity contribution in [2.75, 3.05) is 0 Å². The molecule has 1 N–H and O–H groups in total. The number of carboxylic acids is 1. The van der Waals surface area contributed by atoms with E-state index in [0.717, 1.165) is 11.3 Å². The van der Waals surface area contributed by atoms with Gasteiger partial charge in [0.15, 0.2) is 0 Å². The van der Waals surface area contributed by atoms with Gasteiger partial charge >= 0.3 is 5.97 Å². The molecule has 0 aliphatic heterocycles. The standard InChI is InChI=1S/C16H20N2O2/c1-3-16(15(19)20,13-7-5-4-6-8-13)11-9-14-10-12-17-18(14)2/h4-8,10,12H,3,9,11H2,1-2H3,(H,19,20). The zero-order valence-corrected chi connectivity index (χ0v) is 11.9. The number of hydrogen-bond acceptors (Lipinski definition) is 2. The molecule has 1 aromatic heterocycles. The number of aryl methyl sites for hydroxylation is 2. The van der Waals surface area contributed by atoms with Gasteiger partial charge in [0, 0.05) is 18.9 Å². The number of aromatic nitrogens is 2. The van der Waals surface area contributed by atoms with E-state index in [0.29, 0.717) is 19.3 Å². The van der Waals surface area contributed by atoms with Crippen LogP contribution in [0.15, 0.2) is 42.6 Å². The molecule has 20 heavy (non-hydrogen) atoms. The maximum Gasteiger partial charge on any atom is 0.314 e. The topological polar surface area (TPSA) is 55.1 Å². The van der Waals surface area contributed by atoms with Crippen molar-refractivity contribution in [1.29, 1.82) is 0 Å². The molecular formula is C16H20N2O2. The molecule has 1 unspecified atom stereocenters. The third-order valence-corrected chi connectivity index (χ3v) is 4.07. The van der Waals surface area contributed by atoms with Crippen molar-refractivity contribution in [3.05, 3.63) is 53.9 Å². The fourth-order valence-electron chi connectivity index (χ4n) is 2.65. The Labute approximate surface area is 119 Å². The third-order valence-electron chi connectivity index (χ3n) is 4.07. The molecule has 0 radical (unpaired) electrons. The lowest BCUT2D eigenvalue weighted by Gasteiger charge is -2.28. The van der Waals surface area contributed by atoms with Crippen LogP contribution < -0.4 is 0 Å². The highest BCUT2D eigenvalue weighted by Crippen LogP contribution is 2.33. The minimum Gasteiger partial charge on any atom is -0.481 e. The van der Waals surface area contributed by atoms with Crippen LogP contribution in [0.25, 0.3) is 0 Å². The van der Waals surface area contributed by atoms with Crippen molar-refractivity contribution in [3.63, 3.8) is 0 Å². The second kappa shape index (κ2) is 5.90. The number of benzene rings is 1. The van der Waals surface area contributed by atoms with Gasteiger partial charge in [-0.3, -0.25) is 9.48 Å². The van der Waals surface area contributed by atoms with Gasteiger partial charge in [0.05, 0.1) is 5.41 Å². The van der Waals surface area contributed by atoms with Gasteiger partial charge < -0.3 is 5.11 Å². The first-order chi connectivity index (χ1) is 9.60. The quantitative estimate of drug-likeness (QED) is 0.879. The van der Waals surface area contributed by atoms with E-state index >= 15 is 0 Å². The van der Waals surface area contributed by atoms with E-state index in [1.807, 2.05) is 50.4 Å². The van der Waals surface area contributed by atoms with Crippen LogP contribution >= 0.6 is 0 Å². The summed E-state index contributed by atoms with van der Waals surface area (Å²) in [4.78, 5) is 11.9. The largest absolute Gasteiger partial charge is 0.481 e. The number of carboxylic acid groups (broad SMARTS) is 1. The fraction of sp³-hybridized carbons (Fsp3) is 0.375. The van der Waals surface area contributed by atoms with Crippen LogP contribution in [-0.2, 0) is 23.7 Å². The van der Waals surface area contributed by atoms with Gasteiger partial charge in [-0.15, -0.1) is 0 Å². The predicted molar refractivity (Wildman–Crippen MR) is 77.6 cm³/mol. The Morgan fingerprint density at radius 2 is 2.00 bits per heavy atom. The van der Waals surface area contributed by atoms with Gasteiger partial charge in [-0.05, 0) is 30.9 Å². The SMILES string of the molecule is CCC(CCc1ccnn1C)(C(=O)O)c1ccccc1.